The van der Waals surface area contributed by atoms with E-state index in [0.717, 1.165) is 12.7 Å². The number of amidine groups is 1. The molecule has 0 spiro atoms. The molecule has 1 amide bonds. The highest BCUT2D eigenvalue weighted by atomic mass is 32.2. The van der Waals surface area contributed by atoms with Crippen LogP contribution in [0.2, 0.25) is 0 Å². The summed E-state index contributed by atoms with van der Waals surface area (Å²) in [6.45, 7) is 1.97. The molecule has 0 aliphatic carbocycles. The maximum atomic E-state index is 11.7. The summed E-state index contributed by atoms with van der Waals surface area (Å²) in [5.74, 6) is -2.26. The quantitative estimate of drug-likeness (QED) is 0.849. The third-order valence-corrected chi connectivity index (χ3v) is 3.33. The number of rotatable bonds is 3. The zero-order valence-corrected chi connectivity index (χ0v) is 10.2. The molecule has 1 radical (unpaired) electrons. The third-order valence-electron chi connectivity index (χ3n) is 2.21. The number of hydrogen-bond acceptors (Lipinski definition) is 5. The van der Waals surface area contributed by atoms with Gasteiger partial charge in [0.25, 0.3) is 0 Å². The van der Waals surface area contributed by atoms with Crippen molar-refractivity contribution in [2.45, 2.75) is 18.7 Å². The van der Waals surface area contributed by atoms with Crippen molar-refractivity contribution >= 4 is 28.8 Å². The zero-order chi connectivity index (χ0) is 13.1. The number of furan rings is 1. The number of hydrogen-bond donors (Lipinski definition) is 2. The van der Waals surface area contributed by atoms with E-state index in [1.165, 1.54) is 17.8 Å². The zero-order valence-electron chi connectivity index (χ0n) is 9.41. The molecule has 2 N–H and O–H groups in total. The molecule has 95 valence electrons. The number of carboxylic acid groups (broad SMARTS) is 1. The number of carbonyl (C=O) groups is 2. The second-order valence-corrected chi connectivity index (χ2v) is 4.59. The Balaban J connectivity index is 2.15. The largest absolute Gasteiger partial charge is 0.478 e. The fourth-order valence-corrected chi connectivity index (χ4v) is 2.08. The number of amides is 1. The number of nitrogens with one attached hydrogen (secondary N) is 1. The Bertz CT molecular complexity index is 511. The van der Waals surface area contributed by atoms with Gasteiger partial charge in [0.1, 0.15) is 5.56 Å². The first-order valence-corrected chi connectivity index (χ1v) is 6.06. The lowest BCUT2D eigenvalue weighted by Gasteiger charge is -1.98. The van der Waals surface area contributed by atoms with E-state index in [2.05, 4.69) is 15.8 Å². The highest BCUT2D eigenvalue weighted by molar-refractivity contribution is 8.14. The van der Waals surface area contributed by atoms with Gasteiger partial charge in [-0.1, -0.05) is 18.7 Å². The van der Waals surface area contributed by atoms with Gasteiger partial charge in [-0.05, 0) is 12.5 Å². The van der Waals surface area contributed by atoms with Gasteiger partial charge in [0.15, 0.2) is 0 Å². The van der Waals surface area contributed by atoms with Crippen LogP contribution in [0.4, 0.5) is 0 Å². The Morgan fingerprint density at radius 2 is 2.44 bits per heavy atom. The minimum absolute atomic E-state index is 0.0899. The summed E-state index contributed by atoms with van der Waals surface area (Å²) in [6, 6.07) is 1.21. The average Bonchev–Trinajstić information content (AvgIpc) is 2.96. The lowest BCUT2D eigenvalue weighted by molar-refractivity contribution is 0.0689. The molecular weight excluding hydrogens is 258 g/mol. The van der Waals surface area contributed by atoms with Crippen LogP contribution in [0.25, 0.3) is 0 Å². The molecule has 1 saturated heterocycles. The van der Waals surface area contributed by atoms with Crippen molar-refractivity contribution in [2.75, 3.05) is 0 Å². The van der Waals surface area contributed by atoms with Crippen LogP contribution in [0.5, 0.6) is 0 Å². The van der Waals surface area contributed by atoms with E-state index in [9.17, 15) is 9.59 Å². The maximum Gasteiger partial charge on any atom is 0.339 e. The Kier molecular flexibility index (Phi) is 3.68. The predicted octanol–water partition coefficient (Wildman–Crippen LogP) is 1.07. The number of carbonyl (C=O) groups excluding carboxylic acids is 1. The topological polar surface area (TPSA) is 106 Å². The monoisotopic (exact) mass is 268 g/mol. The number of carboxylic acids is 1. The van der Waals surface area contributed by atoms with Crippen molar-refractivity contribution in [3.05, 3.63) is 23.7 Å². The smallest absolute Gasteiger partial charge is 0.339 e. The van der Waals surface area contributed by atoms with Gasteiger partial charge in [-0.2, -0.15) is 15.8 Å². The molecular formula is C10H10N3O4S. The minimum Gasteiger partial charge on any atom is -0.478 e. The van der Waals surface area contributed by atoms with E-state index >= 15 is 0 Å². The number of aromatic carboxylic acids is 1. The van der Waals surface area contributed by atoms with Crippen molar-refractivity contribution in [1.29, 1.82) is 0 Å². The molecule has 0 saturated carbocycles. The molecule has 18 heavy (non-hydrogen) atoms. The molecule has 8 heteroatoms. The van der Waals surface area contributed by atoms with Gasteiger partial charge >= 0.3 is 11.9 Å². The van der Waals surface area contributed by atoms with Gasteiger partial charge in [0.05, 0.1) is 11.6 Å². The van der Waals surface area contributed by atoms with Gasteiger partial charge in [0.2, 0.25) is 10.9 Å². The van der Waals surface area contributed by atoms with E-state index in [-0.39, 0.29) is 21.9 Å². The Morgan fingerprint density at radius 3 is 3.06 bits per heavy atom. The number of nitrogens with zero attached hydrogens (tertiary/aromatic N) is 2. The third kappa shape index (κ3) is 2.54. The normalized spacial score (nSPS) is 20.9. The Morgan fingerprint density at radius 1 is 1.67 bits per heavy atom. The molecule has 2 rings (SSSR count). The summed E-state index contributed by atoms with van der Waals surface area (Å²) in [4.78, 5) is 26.3. The van der Waals surface area contributed by atoms with Crippen molar-refractivity contribution in [3.63, 3.8) is 0 Å². The predicted molar refractivity (Wildman–Crippen MR) is 64.4 cm³/mol. The maximum absolute atomic E-state index is 11.7. The summed E-state index contributed by atoms with van der Waals surface area (Å²) < 4.78 is 4.84. The summed E-state index contributed by atoms with van der Waals surface area (Å²) in [6.07, 6.45) is 1.98. The minimum atomic E-state index is -1.23. The summed E-state index contributed by atoms with van der Waals surface area (Å²) in [5, 5.41) is 9.21. The van der Waals surface area contributed by atoms with Gasteiger partial charge in [-0.25, -0.2) is 4.79 Å². The van der Waals surface area contributed by atoms with E-state index in [1.807, 2.05) is 6.92 Å². The molecule has 7 nitrogen and oxygen atoms in total. The fraction of sp³-hybridized carbons (Fsp3) is 0.300. The van der Waals surface area contributed by atoms with E-state index in [1.54, 1.807) is 0 Å². The summed E-state index contributed by atoms with van der Waals surface area (Å²) in [7, 11) is 0. The van der Waals surface area contributed by atoms with Crippen LogP contribution < -0.4 is 10.9 Å². The lowest BCUT2D eigenvalue weighted by Crippen LogP contribution is -2.24. The number of thioether (sulfide) groups is 1. The van der Waals surface area contributed by atoms with Crippen LogP contribution in [-0.2, 0) is 0 Å². The van der Waals surface area contributed by atoms with E-state index in [0.29, 0.717) is 0 Å². The van der Waals surface area contributed by atoms with Crippen LogP contribution in [0.1, 0.15) is 34.3 Å². The highest BCUT2D eigenvalue weighted by Gasteiger charge is 2.25. The van der Waals surface area contributed by atoms with Crippen LogP contribution in [0, 0.1) is 0 Å². The molecule has 1 aliphatic rings. The van der Waals surface area contributed by atoms with Gasteiger partial charge in [-0.3, -0.25) is 4.79 Å². The molecule has 1 fully saturated rings. The standard InChI is InChI=1S/C10H10N3O4S/c1-2-6-12-13-10(18-6)11-8(14)7-5(9(15)16)3-4-17-7/h3-4,6,12H,2H2,1H3,(H,15,16). The first-order chi connectivity index (χ1) is 8.61. The SMILES string of the molecule is CCC1N[N]C(=NC(=O)c2occc2C(=O)O)S1. The molecule has 0 bridgehead atoms. The van der Waals surface area contributed by atoms with Gasteiger partial charge in [0, 0.05) is 0 Å². The first kappa shape index (κ1) is 12.7. The highest BCUT2D eigenvalue weighted by Crippen LogP contribution is 2.19. The van der Waals surface area contributed by atoms with Gasteiger partial charge < -0.3 is 9.52 Å². The molecule has 1 unspecified atom stereocenters. The molecule has 1 aromatic rings. The fourth-order valence-electron chi connectivity index (χ4n) is 1.31. The second-order valence-electron chi connectivity index (χ2n) is 3.42. The molecule has 1 aliphatic heterocycles. The van der Waals surface area contributed by atoms with E-state index in [4.69, 9.17) is 9.52 Å². The molecule has 1 atom stereocenters. The van der Waals surface area contributed by atoms with Crippen molar-refractivity contribution < 1.29 is 19.1 Å². The van der Waals surface area contributed by atoms with Crippen LogP contribution in [0.15, 0.2) is 21.7 Å². The number of aliphatic imine (C=N–C) groups is 1. The Labute approximate surface area is 107 Å². The second kappa shape index (κ2) is 5.23. The molecule has 0 aromatic carbocycles. The van der Waals surface area contributed by atoms with E-state index < -0.39 is 11.9 Å². The van der Waals surface area contributed by atoms with Crippen molar-refractivity contribution in [2.24, 2.45) is 4.99 Å². The lowest BCUT2D eigenvalue weighted by atomic mass is 10.2. The average molecular weight is 268 g/mol. The Hall–Kier alpha value is -1.80. The van der Waals surface area contributed by atoms with Crippen LogP contribution >= 0.6 is 11.8 Å². The van der Waals surface area contributed by atoms with Crippen molar-refractivity contribution in [3.8, 4) is 0 Å². The van der Waals surface area contributed by atoms with Crippen LogP contribution in [-0.4, -0.2) is 27.5 Å². The van der Waals surface area contributed by atoms with Crippen LogP contribution in [0.3, 0.4) is 0 Å². The summed E-state index contributed by atoms with van der Waals surface area (Å²) >= 11 is 1.31. The van der Waals surface area contributed by atoms with Crippen molar-refractivity contribution in [1.82, 2.24) is 10.9 Å². The molecule has 1 aromatic heterocycles. The molecule has 2 heterocycles. The summed E-state index contributed by atoms with van der Waals surface area (Å²) in [5.41, 5.74) is 6.47. The first-order valence-electron chi connectivity index (χ1n) is 5.18. The van der Waals surface area contributed by atoms with Gasteiger partial charge in [-0.15, -0.1) is 0 Å².